The molecule has 4 aromatic heterocycles. The van der Waals surface area contributed by atoms with Crippen molar-refractivity contribution in [1.29, 1.82) is 0 Å². The molecule has 5 rings (SSSR count). The van der Waals surface area contributed by atoms with Gasteiger partial charge in [0.25, 0.3) is 5.56 Å². The standard InChI is InChI=1S/C24H22ClF3N8O3/c1-35-20-19(25)18(39-17(8-29)16-9-30-4-5-31-16)10-32-21(20)34-23(35)33-15-7-13(24(26,27)28)11-36(22(15)37)14-3-2-6-38-12-14/h4-5,7-11,14H,2-3,6,12,29H2,1H3,(H,32,33,34)/b17-8+/t14-/m0/s1. The quantitative estimate of drug-likeness (QED) is 0.334. The summed E-state index contributed by atoms with van der Waals surface area (Å²) in [6.45, 7) is 0.638. The summed E-state index contributed by atoms with van der Waals surface area (Å²) in [5.41, 5.74) is 4.59. The molecule has 0 unspecified atom stereocenters. The number of aryl methyl sites for hydroxylation is 1. The molecule has 4 aromatic rings. The van der Waals surface area contributed by atoms with Crippen molar-refractivity contribution in [3.63, 3.8) is 0 Å². The molecule has 1 aliphatic heterocycles. The van der Waals surface area contributed by atoms with Crippen LogP contribution in [0.4, 0.5) is 24.8 Å². The summed E-state index contributed by atoms with van der Waals surface area (Å²) in [6.07, 6.45) is 4.21. The molecule has 0 saturated carbocycles. The van der Waals surface area contributed by atoms with E-state index in [0.29, 0.717) is 30.7 Å². The lowest BCUT2D eigenvalue weighted by Crippen LogP contribution is -2.32. The molecule has 1 saturated heterocycles. The maximum absolute atomic E-state index is 13.7. The van der Waals surface area contributed by atoms with Gasteiger partial charge in [-0.25, -0.2) is 9.97 Å². The summed E-state index contributed by atoms with van der Waals surface area (Å²) in [5, 5.41) is 2.84. The molecule has 0 spiro atoms. The summed E-state index contributed by atoms with van der Waals surface area (Å²) >= 11 is 6.61. The van der Waals surface area contributed by atoms with Crippen LogP contribution in [0, 0.1) is 0 Å². The Balaban J connectivity index is 1.52. The number of ether oxygens (including phenoxy) is 2. The fourth-order valence-corrected chi connectivity index (χ4v) is 4.49. The highest BCUT2D eigenvalue weighted by Crippen LogP contribution is 2.36. The van der Waals surface area contributed by atoms with Gasteiger partial charge in [0, 0.05) is 38.4 Å². The number of nitrogens with one attached hydrogen (secondary N) is 1. The number of fused-ring (bicyclic) bond motifs is 1. The number of nitrogens with two attached hydrogens (primary N) is 1. The van der Waals surface area contributed by atoms with Crippen molar-refractivity contribution in [2.75, 3.05) is 18.5 Å². The van der Waals surface area contributed by atoms with Crippen LogP contribution in [0.15, 0.2) is 48.0 Å². The molecule has 11 nitrogen and oxygen atoms in total. The van der Waals surface area contributed by atoms with Gasteiger partial charge in [0.1, 0.15) is 21.9 Å². The average Bonchev–Trinajstić information content (AvgIpc) is 3.25. The third kappa shape index (κ3) is 5.25. The van der Waals surface area contributed by atoms with E-state index in [4.69, 9.17) is 26.8 Å². The molecule has 0 amide bonds. The smallest absolute Gasteiger partial charge is 0.417 e. The number of alkyl halides is 3. The zero-order valence-electron chi connectivity index (χ0n) is 20.4. The minimum atomic E-state index is -4.68. The Morgan fingerprint density at radius 3 is 2.79 bits per heavy atom. The summed E-state index contributed by atoms with van der Waals surface area (Å²) < 4.78 is 54.9. The second-order valence-electron chi connectivity index (χ2n) is 8.68. The summed E-state index contributed by atoms with van der Waals surface area (Å²) in [5.74, 6) is 0.339. The van der Waals surface area contributed by atoms with Crippen molar-refractivity contribution in [1.82, 2.24) is 29.1 Å². The fourth-order valence-electron chi connectivity index (χ4n) is 4.19. The topological polar surface area (TPSA) is 135 Å². The molecule has 3 N–H and O–H groups in total. The number of imidazole rings is 1. The van der Waals surface area contributed by atoms with Gasteiger partial charge in [0.2, 0.25) is 5.95 Å². The third-order valence-corrected chi connectivity index (χ3v) is 6.50. The van der Waals surface area contributed by atoms with Crippen LogP contribution in [0.5, 0.6) is 5.75 Å². The molecule has 1 fully saturated rings. The Morgan fingerprint density at radius 2 is 2.13 bits per heavy atom. The van der Waals surface area contributed by atoms with Gasteiger partial charge in [-0.2, -0.15) is 18.2 Å². The molecule has 204 valence electrons. The minimum Gasteiger partial charge on any atom is -0.450 e. The molecule has 0 aliphatic carbocycles. The van der Waals surface area contributed by atoms with E-state index in [-0.39, 0.29) is 40.4 Å². The third-order valence-electron chi connectivity index (χ3n) is 6.14. The van der Waals surface area contributed by atoms with Crippen LogP contribution >= 0.6 is 11.6 Å². The van der Waals surface area contributed by atoms with Gasteiger partial charge < -0.3 is 29.7 Å². The highest BCUT2D eigenvalue weighted by molar-refractivity contribution is 6.36. The predicted octanol–water partition coefficient (Wildman–Crippen LogP) is 4.02. The van der Waals surface area contributed by atoms with Crippen molar-refractivity contribution in [3.8, 4) is 5.75 Å². The van der Waals surface area contributed by atoms with Gasteiger partial charge in [0.15, 0.2) is 17.2 Å². The Hall–Kier alpha value is -4.17. The SMILES string of the molecule is Cn1c(Nc2cc(C(F)(F)F)cn([C@H]3CCCOC3)c2=O)nc2ncc(O/C(=C/N)c3cnccn3)c(Cl)c21. The van der Waals surface area contributed by atoms with Crippen molar-refractivity contribution in [2.45, 2.75) is 25.1 Å². The highest BCUT2D eigenvalue weighted by Gasteiger charge is 2.33. The summed E-state index contributed by atoms with van der Waals surface area (Å²) in [4.78, 5) is 29.9. The number of pyridine rings is 2. The molecule has 1 atom stereocenters. The lowest BCUT2D eigenvalue weighted by Gasteiger charge is -2.25. The second-order valence-corrected chi connectivity index (χ2v) is 9.05. The zero-order valence-corrected chi connectivity index (χ0v) is 21.2. The van der Waals surface area contributed by atoms with Gasteiger partial charge in [-0.05, 0) is 18.9 Å². The number of hydrogen-bond acceptors (Lipinski definition) is 9. The minimum absolute atomic E-state index is 0.0444. The summed E-state index contributed by atoms with van der Waals surface area (Å²) in [6, 6.07) is 0.231. The van der Waals surface area contributed by atoms with Crippen LogP contribution in [0.25, 0.3) is 16.9 Å². The number of nitrogens with zero attached hydrogens (tertiary/aromatic N) is 6. The maximum atomic E-state index is 13.7. The Labute approximate surface area is 224 Å². The zero-order chi connectivity index (χ0) is 27.7. The van der Waals surface area contributed by atoms with Crippen molar-refractivity contribution >= 4 is 40.2 Å². The Bertz CT molecular complexity index is 1600. The van der Waals surface area contributed by atoms with Crippen LogP contribution < -0.4 is 21.3 Å². The molecule has 15 heteroatoms. The van der Waals surface area contributed by atoms with Crippen molar-refractivity contribution < 1.29 is 22.6 Å². The van der Waals surface area contributed by atoms with Crippen LogP contribution in [0.2, 0.25) is 5.02 Å². The Morgan fingerprint density at radius 1 is 1.31 bits per heavy atom. The fraction of sp³-hybridized carbons (Fsp3) is 0.292. The number of anilines is 2. The molecule has 0 radical (unpaired) electrons. The number of rotatable bonds is 6. The molecule has 0 aromatic carbocycles. The van der Waals surface area contributed by atoms with Crippen LogP contribution in [0.1, 0.15) is 30.1 Å². The molecular formula is C24H22ClF3N8O3. The number of aromatic nitrogens is 6. The monoisotopic (exact) mass is 562 g/mol. The second kappa shape index (κ2) is 10.5. The molecule has 0 bridgehead atoms. The number of halogens is 4. The predicted molar refractivity (Wildman–Crippen MR) is 136 cm³/mol. The lowest BCUT2D eigenvalue weighted by atomic mass is 10.1. The van der Waals surface area contributed by atoms with Gasteiger partial charge in [-0.1, -0.05) is 11.6 Å². The van der Waals surface area contributed by atoms with Crippen LogP contribution in [-0.2, 0) is 18.0 Å². The first kappa shape index (κ1) is 26.4. The lowest BCUT2D eigenvalue weighted by molar-refractivity contribution is -0.138. The van der Waals surface area contributed by atoms with E-state index in [2.05, 4.69) is 25.3 Å². The van der Waals surface area contributed by atoms with E-state index in [0.717, 1.165) is 16.8 Å². The average molecular weight is 563 g/mol. The van der Waals surface area contributed by atoms with Crippen molar-refractivity contribution in [3.05, 3.63) is 69.9 Å². The van der Waals surface area contributed by atoms with Crippen molar-refractivity contribution in [2.24, 2.45) is 12.8 Å². The van der Waals surface area contributed by atoms with E-state index in [9.17, 15) is 18.0 Å². The first-order chi connectivity index (χ1) is 18.7. The van der Waals surface area contributed by atoms with Crippen LogP contribution in [-0.4, -0.2) is 42.3 Å². The van der Waals surface area contributed by atoms with Crippen LogP contribution in [0.3, 0.4) is 0 Å². The van der Waals surface area contributed by atoms with E-state index >= 15 is 0 Å². The van der Waals surface area contributed by atoms with Gasteiger partial charge >= 0.3 is 6.18 Å². The first-order valence-corrected chi connectivity index (χ1v) is 12.1. The molecule has 39 heavy (non-hydrogen) atoms. The highest BCUT2D eigenvalue weighted by atomic mass is 35.5. The Kier molecular flexibility index (Phi) is 7.14. The summed E-state index contributed by atoms with van der Waals surface area (Å²) in [7, 11) is 1.57. The van der Waals surface area contributed by atoms with E-state index in [1.54, 1.807) is 7.05 Å². The molecule has 5 heterocycles. The largest absolute Gasteiger partial charge is 0.450 e. The van der Waals surface area contributed by atoms with E-state index < -0.39 is 23.3 Å². The number of hydrogen-bond donors (Lipinski definition) is 2. The van der Waals surface area contributed by atoms with E-state index in [1.807, 2.05) is 0 Å². The van der Waals surface area contributed by atoms with E-state index in [1.165, 1.54) is 35.6 Å². The van der Waals surface area contributed by atoms with Gasteiger partial charge in [-0.15, -0.1) is 0 Å². The molecular weight excluding hydrogens is 541 g/mol. The van der Waals surface area contributed by atoms with Gasteiger partial charge in [-0.3, -0.25) is 9.78 Å². The maximum Gasteiger partial charge on any atom is 0.417 e. The normalized spacial score (nSPS) is 16.4. The van der Waals surface area contributed by atoms with Gasteiger partial charge in [0.05, 0.1) is 30.6 Å². The molecule has 1 aliphatic rings. The first-order valence-electron chi connectivity index (χ1n) is 11.7.